The Bertz CT molecular complexity index is 582. The summed E-state index contributed by atoms with van der Waals surface area (Å²) < 4.78 is 37.9. The van der Waals surface area contributed by atoms with Gasteiger partial charge in [0.25, 0.3) is 0 Å². The number of nitrogens with zero attached hydrogens (tertiary/aromatic N) is 3. The van der Waals surface area contributed by atoms with Crippen molar-refractivity contribution in [1.82, 2.24) is 9.80 Å². The summed E-state index contributed by atoms with van der Waals surface area (Å²) in [5, 5.41) is 0. The van der Waals surface area contributed by atoms with Crippen molar-refractivity contribution in [2.45, 2.75) is 12.6 Å². The van der Waals surface area contributed by atoms with Crippen LogP contribution in [0.3, 0.4) is 0 Å². The summed E-state index contributed by atoms with van der Waals surface area (Å²) in [5.41, 5.74) is 3.80. The van der Waals surface area contributed by atoms with Crippen LogP contribution in [0.15, 0.2) is 16.8 Å². The first-order valence-electron chi connectivity index (χ1n) is 5.86. The lowest BCUT2D eigenvalue weighted by Crippen LogP contribution is -2.60. The van der Waals surface area contributed by atoms with E-state index in [2.05, 4.69) is 4.99 Å². The molecular weight excluding hydrogens is 293 g/mol. The van der Waals surface area contributed by atoms with Gasteiger partial charge in [0.05, 0.1) is 0 Å². The highest BCUT2D eigenvalue weighted by Crippen LogP contribution is 2.33. The molecular formula is C11H11F3N4O3. The predicted molar refractivity (Wildman–Crippen MR) is 63.7 cm³/mol. The predicted octanol–water partition coefficient (Wildman–Crippen LogP) is 0.230. The number of nitrogens with two attached hydrogens (primary N) is 1. The Morgan fingerprint density at radius 2 is 2.10 bits per heavy atom. The summed E-state index contributed by atoms with van der Waals surface area (Å²) in [4.78, 5) is 39.7. The fourth-order valence-electron chi connectivity index (χ4n) is 2.14. The highest BCUT2D eigenvalue weighted by molar-refractivity contribution is 6.19. The van der Waals surface area contributed by atoms with E-state index in [4.69, 9.17) is 5.73 Å². The third-order valence-electron chi connectivity index (χ3n) is 3.12. The Kier molecular flexibility index (Phi) is 3.47. The molecule has 1 atom stereocenters. The molecule has 0 saturated carbocycles. The fraction of sp³-hybridized carbons (Fsp3) is 0.455. The van der Waals surface area contributed by atoms with Gasteiger partial charge in [-0.05, 0) is 6.42 Å². The van der Waals surface area contributed by atoms with Gasteiger partial charge in [0, 0.05) is 7.05 Å². The van der Waals surface area contributed by atoms with Crippen LogP contribution in [0.2, 0.25) is 0 Å². The number of halogens is 3. The first-order chi connectivity index (χ1) is 9.62. The average molecular weight is 304 g/mol. The maximum Gasteiger partial charge on any atom is 0.433 e. The minimum Gasteiger partial charge on any atom is -0.368 e. The number of amidine groups is 1. The summed E-state index contributed by atoms with van der Waals surface area (Å²) >= 11 is 0. The maximum absolute atomic E-state index is 12.6. The fourth-order valence-corrected chi connectivity index (χ4v) is 2.14. The molecule has 2 N–H and O–H groups in total. The minimum absolute atomic E-state index is 0.251. The van der Waals surface area contributed by atoms with E-state index in [0.29, 0.717) is 4.90 Å². The lowest BCUT2D eigenvalue weighted by Gasteiger charge is -2.38. The van der Waals surface area contributed by atoms with Crippen molar-refractivity contribution in [3.63, 3.8) is 0 Å². The lowest BCUT2D eigenvalue weighted by atomic mass is 9.96. The number of amides is 4. The van der Waals surface area contributed by atoms with Crippen LogP contribution >= 0.6 is 0 Å². The molecule has 0 radical (unpaired) electrons. The van der Waals surface area contributed by atoms with Crippen LogP contribution in [-0.4, -0.2) is 53.2 Å². The van der Waals surface area contributed by atoms with Gasteiger partial charge in [0.15, 0.2) is 0 Å². The SMILES string of the molecule is CN1C(=O)N(CC(N)=O)C(=O)C2CC=C(C(F)(F)F)N=C21. The molecule has 0 aliphatic carbocycles. The van der Waals surface area contributed by atoms with Gasteiger partial charge in [0.1, 0.15) is 24.0 Å². The van der Waals surface area contributed by atoms with Crippen LogP contribution in [0.5, 0.6) is 0 Å². The van der Waals surface area contributed by atoms with E-state index in [1.165, 1.54) is 7.05 Å². The Morgan fingerprint density at radius 3 is 2.62 bits per heavy atom. The van der Waals surface area contributed by atoms with Gasteiger partial charge in [-0.3, -0.25) is 19.4 Å². The standard InChI is InChI=1S/C11H11F3N4O3/c1-17-8-5(2-3-6(16-8)11(12,13)14)9(20)18(10(17)21)4-7(15)19/h3,5H,2,4H2,1H3,(H2,15,19). The topological polar surface area (TPSA) is 96.1 Å². The molecule has 4 amide bonds. The number of allylic oxidation sites excluding steroid dienone is 2. The molecule has 2 aliphatic rings. The van der Waals surface area contributed by atoms with E-state index in [1.807, 2.05) is 0 Å². The van der Waals surface area contributed by atoms with Gasteiger partial charge in [-0.2, -0.15) is 13.2 Å². The number of hydrogen-bond donors (Lipinski definition) is 1. The van der Waals surface area contributed by atoms with Crippen molar-refractivity contribution < 1.29 is 27.6 Å². The summed E-state index contributed by atoms with van der Waals surface area (Å²) in [6.45, 7) is -0.623. The Morgan fingerprint density at radius 1 is 1.48 bits per heavy atom. The van der Waals surface area contributed by atoms with Crippen molar-refractivity contribution in [2.24, 2.45) is 16.6 Å². The zero-order valence-corrected chi connectivity index (χ0v) is 10.8. The van der Waals surface area contributed by atoms with Crippen LogP contribution in [0.25, 0.3) is 0 Å². The molecule has 1 fully saturated rings. The molecule has 10 heteroatoms. The molecule has 1 unspecified atom stereocenters. The molecule has 21 heavy (non-hydrogen) atoms. The number of imide groups is 1. The number of aliphatic imine (C=N–C) groups is 1. The molecule has 7 nitrogen and oxygen atoms in total. The Balaban J connectivity index is 2.36. The van der Waals surface area contributed by atoms with Crippen LogP contribution in [0.4, 0.5) is 18.0 Å². The highest BCUT2D eigenvalue weighted by atomic mass is 19.4. The van der Waals surface area contributed by atoms with Crippen molar-refractivity contribution >= 4 is 23.7 Å². The van der Waals surface area contributed by atoms with E-state index >= 15 is 0 Å². The Labute approximate surface area is 116 Å². The van der Waals surface area contributed by atoms with Crippen LogP contribution in [0.1, 0.15) is 6.42 Å². The molecule has 2 aliphatic heterocycles. The number of hydrogen-bond acceptors (Lipinski definition) is 4. The number of rotatable bonds is 2. The molecule has 0 aromatic carbocycles. The van der Waals surface area contributed by atoms with Gasteiger partial charge < -0.3 is 5.73 Å². The minimum atomic E-state index is -4.66. The van der Waals surface area contributed by atoms with Gasteiger partial charge in [-0.25, -0.2) is 9.79 Å². The third-order valence-corrected chi connectivity index (χ3v) is 3.12. The largest absolute Gasteiger partial charge is 0.433 e. The zero-order valence-electron chi connectivity index (χ0n) is 10.8. The zero-order chi connectivity index (χ0) is 15.9. The van der Waals surface area contributed by atoms with E-state index < -0.39 is 42.2 Å². The molecule has 0 aromatic heterocycles. The number of primary amides is 1. The summed E-state index contributed by atoms with van der Waals surface area (Å²) in [6.07, 6.45) is -4.12. The molecule has 0 aromatic rings. The first kappa shape index (κ1) is 15.0. The van der Waals surface area contributed by atoms with Crippen LogP contribution in [0, 0.1) is 5.92 Å². The van der Waals surface area contributed by atoms with Crippen molar-refractivity contribution in [1.29, 1.82) is 0 Å². The second-order valence-corrected chi connectivity index (χ2v) is 4.58. The van der Waals surface area contributed by atoms with E-state index in [-0.39, 0.29) is 12.3 Å². The summed E-state index contributed by atoms with van der Waals surface area (Å²) in [7, 11) is 1.19. The van der Waals surface area contributed by atoms with Crippen molar-refractivity contribution in [3.8, 4) is 0 Å². The molecule has 1 saturated heterocycles. The van der Waals surface area contributed by atoms with Crippen LogP contribution in [-0.2, 0) is 9.59 Å². The second kappa shape index (κ2) is 4.86. The first-order valence-corrected chi connectivity index (χ1v) is 5.86. The van der Waals surface area contributed by atoms with E-state index in [1.54, 1.807) is 0 Å². The molecule has 2 rings (SSSR count). The number of alkyl halides is 3. The quantitative estimate of drug-likeness (QED) is 0.791. The number of carbonyl (C=O) groups excluding carboxylic acids is 3. The van der Waals surface area contributed by atoms with Gasteiger partial charge in [-0.1, -0.05) is 6.08 Å². The maximum atomic E-state index is 12.6. The molecule has 0 bridgehead atoms. The van der Waals surface area contributed by atoms with Crippen molar-refractivity contribution in [3.05, 3.63) is 11.8 Å². The highest BCUT2D eigenvalue weighted by Gasteiger charge is 2.46. The van der Waals surface area contributed by atoms with E-state index in [9.17, 15) is 27.6 Å². The van der Waals surface area contributed by atoms with Crippen molar-refractivity contribution in [2.75, 3.05) is 13.6 Å². The number of urea groups is 1. The third kappa shape index (κ3) is 2.60. The number of fused-ring (bicyclic) bond motifs is 1. The smallest absolute Gasteiger partial charge is 0.368 e. The van der Waals surface area contributed by atoms with Gasteiger partial charge >= 0.3 is 12.2 Å². The van der Waals surface area contributed by atoms with Gasteiger partial charge in [0.2, 0.25) is 11.8 Å². The molecule has 0 spiro atoms. The number of carbonyl (C=O) groups is 3. The average Bonchev–Trinajstić information content (AvgIpc) is 2.39. The van der Waals surface area contributed by atoms with Gasteiger partial charge in [-0.15, -0.1) is 0 Å². The second-order valence-electron chi connectivity index (χ2n) is 4.58. The lowest BCUT2D eigenvalue weighted by molar-refractivity contribution is -0.135. The molecule has 2 heterocycles. The Hall–Kier alpha value is -2.39. The van der Waals surface area contributed by atoms with Crippen LogP contribution < -0.4 is 5.73 Å². The van der Waals surface area contributed by atoms with E-state index in [0.717, 1.165) is 11.0 Å². The summed E-state index contributed by atoms with van der Waals surface area (Å²) in [5.74, 6) is -2.99. The molecule has 114 valence electrons. The monoisotopic (exact) mass is 304 g/mol. The normalized spacial score (nSPS) is 22.8. The summed E-state index contributed by atoms with van der Waals surface area (Å²) in [6, 6.07) is -0.933.